The molecule has 0 fully saturated rings. The number of rotatable bonds is 3. The van der Waals surface area contributed by atoms with E-state index in [1.165, 1.54) is 16.7 Å². The molecule has 5 rings (SSSR count). The topological polar surface area (TPSA) is 59.7 Å². The van der Waals surface area contributed by atoms with E-state index in [1.807, 2.05) is 21.7 Å². The predicted octanol–water partition coefficient (Wildman–Crippen LogP) is 2.67. The second-order valence-corrected chi connectivity index (χ2v) is 7.02. The molecule has 6 nitrogen and oxygen atoms in total. The molecule has 1 amide bonds. The van der Waals surface area contributed by atoms with Crippen molar-refractivity contribution in [2.45, 2.75) is 13.0 Å². The summed E-state index contributed by atoms with van der Waals surface area (Å²) in [7, 11) is 1.64. The van der Waals surface area contributed by atoms with Gasteiger partial charge in [-0.15, -0.1) is 0 Å². The molecular weight excluding hydrogens is 352 g/mol. The van der Waals surface area contributed by atoms with Crippen molar-refractivity contribution in [2.24, 2.45) is 4.99 Å². The second kappa shape index (κ2) is 6.73. The molecule has 1 aromatic heterocycles. The first kappa shape index (κ1) is 16.9. The fraction of sp³-hybridized carbons (Fsp3) is 0.227. The van der Waals surface area contributed by atoms with Crippen molar-refractivity contribution in [1.29, 1.82) is 0 Å². The highest BCUT2D eigenvalue weighted by Gasteiger charge is 2.29. The van der Waals surface area contributed by atoms with Gasteiger partial charge >= 0.3 is 0 Å². The third kappa shape index (κ3) is 2.73. The van der Waals surface area contributed by atoms with Crippen LogP contribution in [0.3, 0.4) is 0 Å². The van der Waals surface area contributed by atoms with Crippen molar-refractivity contribution in [3.8, 4) is 0 Å². The number of fused-ring (bicyclic) bond motifs is 3. The molecule has 28 heavy (non-hydrogen) atoms. The zero-order valence-corrected chi connectivity index (χ0v) is 15.6. The molecule has 2 aromatic rings. The van der Waals surface area contributed by atoms with Crippen LogP contribution >= 0.6 is 0 Å². The van der Waals surface area contributed by atoms with Crippen LogP contribution in [0, 0.1) is 0 Å². The molecule has 0 saturated carbocycles. The maximum absolute atomic E-state index is 12.7. The predicted molar refractivity (Wildman–Crippen MR) is 108 cm³/mol. The molecule has 2 aliphatic heterocycles. The lowest BCUT2D eigenvalue weighted by Gasteiger charge is -2.32. The molecule has 0 saturated heterocycles. The standard InChI is InChI=1S/C22H20N4O2/c1-28-13-16-12-25(14-24-16)21-10-20-19-7-3-6-17(15-4-2-5-15)18(19)8-9-26(20)22(27)11-23-21/h2-7,10,12,14H,8-9,11,13H2,1H3. The Morgan fingerprint density at radius 1 is 1.25 bits per heavy atom. The number of imidazole rings is 1. The number of allylic oxidation sites excluding steroid dienone is 5. The van der Waals surface area contributed by atoms with E-state index >= 15 is 0 Å². The third-order valence-electron chi connectivity index (χ3n) is 5.33. The van der Waals surface area contributed by atoms with Gasteiger partial charge in [0.25, 0.3) is 0 Å². The molecule has 0 N–H and O–H groups in total. The van der Waals surface area contributed by atoms with E-state index in [4.69, 9.17) is 4.74 Å². The fourth-order valence-electron chi connectivity index (χ4n) is 3.91. The van der Waals surface area contributed by atoms with E-state index in [-0.39, 0.29) is 12.5 Å². The molecular formula is C22H20N4O2. The van der Waals surface area contributed by atoms with Crippen LogP contribution in [-0.2, 0) is 22.6 Å². The smallest absolute Gasteiger partial charge is 0.248 e. The quantitative estimate of drug-likeness (QED) is 0.832. The van der Waals surface area contributed by atoms with E-state index in [9.17, 15) is 4.79 Å². The fourth-order valence-corrected chi connectivity index (χ4v) is 3.91. The van der Waals surface area contributed by atoms with Crippen molar-refractivity contribution >= 4 is 23.0 Å². The molecule has 0 bridgehead atoms. The van der Waals surface area contributed by atoms with E-state index in [1.54, 1.807) is 13.4 Å². The molecule has 0 spiro atoms. The van der Waals surface area contributed by atoms with Crippen LogP contribution in [-0.4, -0.2) is 46.4 Å². The Kier molecular flexibility index (Phi) is 4.06. The Balaban J connectivity index is 1.60. The molecule has 3 heterocycles. The summed E-state index contributed by atoms with van der Waals surface area (Å²) in [5.74, 6) is 0.735. The molecule has 0 radical (unpaired) electrons. The summed E-state index contributed by atoms with van der Waals surface area (Å²) in [6, 6.07) is 6.32. The van der Waals surface area contributed by atoms with Crippen LogP contribution in [0.5, 0.6) is 0 Å². The van der Waals surface area contributed by atoms with Crippen LogP contribution in [0.2, 0.25) is 0 Å². The van der Waals surface area contributed by atoms with Gasteiger partial charge in [0.1, 0.15) is 18.7 Å². The number of carbonyl (C=O) groups excluding carboxylic acids is 1. The van der Waals surface area contributed by atoms with E-state index < -0.39 is 0 Å². The van der Waals surface area contributed by atoms with Crippen molar-refractivity contribution in [2.75, 3.05) is 20.2 Å². The minimum atomic E-state index is 0.0253. The van der Waals surface area contributed by atoms with Crippen LogP contribution in [0.15, 0.2) is 60.0 Å². The average Bonchev–Trinajstić information content (AvgIpc) is 3.05. The number of nitrogens with zero attached hydrogens (tertiary/aromatic N) is 4. The number of aromatic nitrogens is 2. The number of methoxy groups -OCH3 is 1. The van der Waals surface area contributed by atoms with E-state index in [0.29, 0.717) is 19.0 Å². The Labute approximate surface area is 163 Å². The Hall–Kier alpha value is -3.25. The Bertz CT molecular complexity index is 1090. The highest BCUT2D eigenvalue weighted by Crippen LogP contribution is 2.36. The highest BCUT2D eigenvalue weighted by molar-refractivity contribution is 6.06. The van der Waals surface area contributed by atoms with Gasteiger partial charge in [0.05, 0.1) is 18.0 Å². The number of aliphatic imine (C=N–C) groups is 1. The van der Waals surface area contributed by atoms with Crippen LogP contribution in [0.1, 0.15) is 22.4 Å². The Morgan fingerprint density at radius 2 is 2.11 bits per heavy atom. The van der Waals surface area contributed by atoms with Gasteiger partial charge < -0.3 is 9.64 Å². The lowest BCUT2D eigenvalue weighted by Crippen LogP contribution is -2.36. The highest BCUT2D eigenvalue weighted by atomic mass is 16.5. The number of hydrogen-bond donors (Lipinski definition) is 0. The average molecular weight is 372 g/mol. The van der Waals surface area contributed by atoms with Crippen molar-refractivity contribution in [1.82, 2.24) is 14.5 Å². The van der Waals surface area contributed by atoms with Gasteiger partial charge in [-0.05, 0) is 23.1 Å². The number of ether oxygens (including phenoxy) is 1. The van der Waals surface area contributed by atoms with Gasteiger partial charge in [-0.3, -0.25) is 14.4 Å². The summed E-state index contributed by atoms with van der Waals surface area (Å²) in [6.45, 7) is 1.25. The van der Waals surface area contributed by atoms with Gasteiger partial charge in [-0.25, -0.2) is 4.98 Å². The maximum Gasteiger partial charge on any atom is 0.248 e. The SMILES string of the molecule is COCc1cn(C2=NCC(=O)N3CCc4c(C5=CC=C5)cccc4C3=C2)cn1. The van der Waals surface area contributed by atoms with Gasteiger partial charge in [0.15, 0.2) is 0 Å². The maximum atomic E-state index is 12.7. The summed E-state index contributed by atoms with van der Waals surface area (Å²) < 4.78 is 7.00. The van der Waals surface area contributed by atoms with Crippen molar-refractivity contribution < 1.29 is 9.53 Å². The normalized spacial score (nSPS) is 17.8. The lowest BCUT2D eigenvalue weighted by molar-refractivity contribution is -0.126. The van der Waals surface area contributed by atoms with Crippen LogP contribution < -0.4 is 0 Å². The molecule has 0 atom stereocenters. The zero-order valence-electron chi connectivity index (χ0n) is 15.6. The van der Waals surface area contributed by atoms with Gasteiger partial charge in [-0.2, -0.15) is 0 Å². The third-order valence-corrected chi connectivity index (χ3v) is 5.33. The lowest BCUT2D eigenvalue weighted by atomic mass is 9.86. The number of hydrogen-bond acceptors (Lipinski definition) is 4. The first-order valence-electron chi connectivity index (χ1n) is 9.34. The molecule has 6 heteroatoms. The second-order valence-electron chi connectivity index (χ2n) is 7.02. The number of benzene rings is 1. The van der Waals surface area contributed by atoms with Crippen LogP contribution in [0.4, 0.5) is 0 Å². The summed E-state index contributed by atoms with van der Waals surface area (Å²) in [5, 5.41) is 0. The van der Waals surface area contributed by atoms with Crippen molar-refractivity contribution in [3.05, 3.63) is 77.4 Å². The summed E-state index contributed by atoms with van der Waals surface area (Å²) in [5.41, 5.74) is 6.63. The first-order valence-corrected chi connectivity index (χ1v) is 9.34. The van der Waals surface area contributed by atoms with Gasteiger partial charge in [0.2, 0.25) is 5.91 Å². The monoisotopic (exact) mass is 372 g/mol. The van der Waals surface area contributed by atoms with Crippen molar-refractivity contribution in [3.63, 3.8) is 0 Å². The Morgan fingerprint density at radius 3 is 2.89 bits per heavy atom. The number of amides is 1. The summed E-state index contributed by atoms with van der Waals surface area (Å²) >= 11 is 0. The molecule has 3 aliphatic rings. The largest absolute Gasteiger partial charge is 0.378 e. The zero-order chi connectivity index (χ0) is 19.1. The van der Waals surface area contributed by atoms with Gasteiger partial charge in [0, 0.05) is 31.5 Å². The van der Waals surface area contributed by atoms with E-state index in [2.05, 4.69) is 46.4 Å². The van der Waals surface area contributed by atoms with E-state index in [0.717, 1.165) is 23.4 Å². The molecule has 0 unspecified atom stereocenters. The first-order chi connectivity index (χ1) is 13.7. The van der Waals surface area contributed by atoms with Crippen LogP contribution in [0.25, 0.3) is 11.3 Å². The number of carbonyl (C=O) groups is 1. The molecule has 140 valence electrons. The molecule has 1 aliphatic carbocycles. The summed E-state index contributed by atoms with van der Waals surface area (Å²) in [6.07, 6.45) is 12.8. The van der Waals surface area contributed by atoms with Gasteiger partial charge in [-0.1, -0.05) is 36.4 Å². The minimum Gasteiger partial charge on any atom is -0.378 e. The summed E-state index contributed by atoms with van der Waals surface area (Å²) in [4.78, 5) is 23.5. The minimum absolute atomic E-state index is 0.0253. The molecule has 1 aromatic carbocycles.